The number of ether oxygens (including phenoxy) is 2. The van der Waals surface area contributed by atoms with Crippen molar-refractivity contribution in [2.45, 2.75) is 44.8 Å². The van der Waals surface area contributed by atoms with Gasteiger partial charge in [-0.2, -0.15) is 0 Å². The van der Waals surface area contributed by atoms with Crippen molar-refractivity contribution in [2.75, 3.05) is 7.11 Å². The van der Waals surface area contributed by atoms with E-state index in [1.807, 2.05) is 24.3 Å². The van der Waals surface area contributed by atoms with Crippen molar-refractivity contribution in [1.29, 1.82) is 0 Å². The van der Waals surface area contributed by atoms with Crippen LogP contribution < -0.4 is 9.47 Å². The molecule has 1 aromatic carbocycles. The molecule has 0 saturated carbocycles. The molecule has 2 atom stereocenters. The summed E-state index contributed by atoms with van der Waals surface area (Å²) in [6.45, 7) is 5.87. The standard InChI is InChI=1S/C16H24O3/c1-4-6-7-8-15(17)16(5-2)19-14-11-9-13(18-3)10-12-14/h5,9-12,15-17H,2,4,6-8H2,1,3H3/t15-,16-/m1/s1. The van der Waals surface area contributed by atoms with E-state index in [1.165, 1.54) is 0 Å². The van der Waals surface area contributed by atoms with E-state index in [4.69, 9.17) is 9.47 Å². The Bertz CT molecular complexity index is 359. The molecule has 0 amide bonds. The van der Waals surface area contributed by atoms with Gasteiger partial charge in [-0.25, -0.2) is 0 Å². The third-order valence-electron chi connectivity index (χ3n) is 3.05. The van der Waals surface area contributed by atoms with Crippen molar-refractivity contribution in [3.8, 4) is 11.5 Å². The summed E-state index contributed by atoms with van der Waals surface area (Å²) in [4.78, 5) is 0. The van der Waals surface area contributed by atoms with Crippen LogP contribution in [0, 0.1) is 0 Å². The number of aliphatic hydroxyl groups excluding tert-OH is 1. The number of methoxy groups -OCH3 is 1. The predicted molar refractivity (Wildman–Crippen MR) is 77.8 cm³/mol. The average Bonchev–Trinajstić information content (AvgIpc) is 2.45. The van der Waals surface area contributed by atoms with Gasteiger partial charge in [0, 0.05) is 0 Å². The van der Waals surface area contributed by atoms with Crippen LogP contribution in [0.1, 0.15) is 32.6 Å². The van der Waals surface area contributed by atoms with E-state index in [-0.39, 0.29) is 6.10 Å². The van der Waals surface area contributed by atoms with E-state index in [1.54, 1.807) is 13.2 Å². The highest BCUT2D eigenvalue weighted by Crippen LogP contribution is 2.20. The number of hydrogen-bond donors (Lipinski definition) is 1. The summed E-state index contributed by atoms with van der Waals surface area (Å²) in [6, 6.07) is 7.32. The van der Waals surface area contributed by atoms with Crippen molar-refractivity contribution in [1.82, 2.24) is 0 Å². The van der Waals surface area contributed by atoms with Crippen LogP contribution in [0.5, 0.6) is 11.5 Å². The average molecular weight is 264 g/mol. The Kier molecular flexibility index (Phi) is 7.04. The molecule has 106 valence electrons. The first-order valence-corrected chi connectivity index (χ1v) is 6.82. The number of hydrogen-bond acceptors (Lipinski definition) is 3. The second-order valence-corrected chi connectivity index (χ2v) is 4.56. The molecule has 1 rings (SSSR count). The van der Waals surface area contributed by atoms with Crippen LogP contribution in [-0.4, -0.2) is 24.4 Å². The lowest BCUT2D eigenvalue weighted by Gasteiger charge is -2.21. The lowest BCUT2D eigenvalue weighted by Crippen LogP contribution is -2.29. The highest BCUT2D eigenvalue weighted by atomic mass is 16.5. The van der Waals surface area contributed by atoms with Gasteiger partial charge in [0.25, 0.3) is 0 Å². The molecule has 3 nitrogen and oxygen atoms in total. The molecular weight excluding hydrogens is 240 g/mol. The van der Waals surface area contributed by atoms with Gasteiger partial charge in [0.15, 0.2) is 0 Å². The SMILES string of the molecule is C=C[C@@H](Oc1ccc(OC)cc1)[C@H](O)CCCCC. The Balaban J connectivity index is 2.52. The third-order valence-corrected chi connectivity index (χ3v) is 3.05. The van der Waals surface area contributed by atoms with Gasteiger partial charge in [0.2, 0.25) is 0 Å². The first-order chi connectivity index (χ1) is 9.21. The van der Waals surface area contributed by atoms with Crippen LogP contribution in [0.3, 0.4) is 0 Å². The first kappa shape index (κ1) is 15.6. The number of benzene rings is 1. The van der Waals surface area contributed by atoms with Gasteiger partial charge in [0.05, 0.1) is 13.2 Å². The molecule has 0 bridgehead atoms. The van der Waals surface area contributed by atoms with E-state index in [0.29, 0.717) is 5.75 Å². The van der Waals surface area contributed by atoms with E-state index in [2.05, 4.69) is 13.5 Å². The van der Waals surface area contributed by atoms with Crippen LogP contribution in [0.15, 0.2) is 36.9 Å². The molecule has 0 aliphatic carbocycles. The zero-order chi connectivity index (χ0) is 14.1. The molecule has 0 unspecified atom stereocenters. The summed E-state index contributed by atoms with van der Waals surface area (Å²) in [5, 5.41) is 10.1. The van der Waals surface area contributed by atoms with Gasteiger partial charge in [-0.3, -0.25) is 0 Å². The minimum atomic E-state index is -0.508. The van der Waals surface area contributed by atoms with Crippen LogP contribution in [0.25, 0.3) is 0 Å². The highest BCUT2D eigenvalue weighted by molar-refractivity contribution is 5.31. The summed E-state index contributed by atoms with van der Waals surface area (Å²) in [5.74, 6) is 1.49. The van der Waals surface area contributed by atoms with Gasteiger partial charge < -0.3 is 14.6 Å². The smallest absolute Gasteiger partial charge is 0.142 e. The van der Waals surface area contributed by atoms with Crippen LogP contribution in [0.2, 0.25) is 0 Å². The first-order valence-electron chi connectivity index (χ1n) is 6.82. The Labute approximate surface area is 115 Å². The topological polar surface area (TPSA) is 38.7 Å². The van der Waals surface area contributed by atoms with Gasteiger partial charge in [0.1, 0.15) is 17.6 Å². The molecule has 0 radical (unpaired) electrons. The third kappa shape index (κ3) is 5.35. The zero-order valence-electron chi connectivity index (χ0n) is 11.8. The lowest BCUT2D eigenvalue weighted by atomic mass is 10.1. The van der Waals surface area contributed by atoms with E-state index in [9.17, 15) is 5.11 Å². The molecule has 1 N–H and O–H groups in total. The molecule has 3 heteroatoms. The second kappa shape index (κ2) is 8.59. The van der Waals surface area contributed by atoms with E-state index in [0.717, 1.165) is 31.4 Å². The predicted octanol–water partition coefficient (Wildman–Crippen LogP) is 3.57. The molecule has 0 heterocycles. The summed E-state index contributed by atoms with van der Waals surface area (Å²) in [6.07, 6.45) is 4.79. The molecule has 0 aliphatic heterocycles. The molecule has 0 aromatic heterocycles. The summed E-state index contributed by atoms with van der Waals surface area (Å²) < 4.78 is 10.8. The van der Waals surface area contributed by atoms with Gasteiger partial charge in [-0.05, 0) is 36.8 Å². The Morgan fingerprint density at radius 1 is 1.21 bits per heavy atom. The maximum atomic E-state index is 10.1. The minimum absolute atomic E-state index is 0.370. The summed E-state index contributed by atoms with van der Waals surface area (Å²) >= 11 is 0. The molecule has 0 spiro atoms. The fourth-order valence-electron chi connectivity index (χ4n) is 1.86. The van der Waals surface area contributed by atoms with Gasteiger partial charge in [-0.15, -0.1) is 0 Å². The lowest BCUT2D eigenvalue weighted by molar-refractivity contribution is 0.0562. The van der Waals surface area contributed by atoms with Crippen LogP contribution >= 0.6 is 0 Å². The zero-order valence-corrected chi connectivity index (χ0v) is 11.8. The van der Waals surface area contributed by atoms with Crippen molar-refractivity contribution in [2.24, 2.45) is 0 Å². The fourth-order valence-corrected chi connectivity index (χ4v) is 1.86. The molecule has 0 saturated heterocycles. The molecule has 0 fully saturated rings. The minimum Gasteiger partial charge on any atom is -0.497 e. The van der Waals surface area contributed by atoms with Crippen molar-refractivity contribution in [3.63, 3.8) is 0 Å². The number of rotatable bonds is 9. The van der Waals surface area contributed by atoms with Crippen LogP contribution in [-0.2, 0) is 0 Å². The van der Waals surface area contributed by atoms with Crippen molar-refractivity contribution < 1.29 is 14.6 Å². The normalized spacial score (nSPS) is 13.6. The second-order valence-electron chi connectivity index (χ2n) is 4.56. The molecule has 1 aromatic rings. The fraction of sp³-hybridized carbons (Fsp3) is 0.500. The molecule has 19 heavy (non-hydrogen) atoms. The maximum Gasteiger partial charge on any atom is 0.142 e. The maximum absolute atomic E-state index is 10.1. The van der Waals surface area contributed by atoms with Gasteiger partial charge in [-0.1, -0.05) is 32.8 Å². The quantitative estimate of drug-likeness (QED) is 0.547. The van der Waals surface area contributed by atoms with Crippen molar-refractivity contribution in [3.05, 3.63) is 36.9 Å². The van der Waals surface area contributed by atoms with Crippen molar-refractivity contribution >= 4 is 0 Å². The highest BCUT2D eigenvalue weighted by Gasteiger charge is 2.17. The Hall–Kier alpha value is -1.48. The van der Waals surface area contributed by atoms with E-state index < -0.39 is 6.10 Å². The van der Waals surface area contributed by atoms with E-state index >= 15 is 0 Å². The monoisotopic (exact) mass is 264 g/mol. The largest absolute Gasteiger partial charge is 0.497 e. The molecule has 0 aliphatic rings. The number of aliphatic hydroxyl groups is 1. The number of unbranched alkanes of at least 4 members (excludes halogenated alkanes) is 2. The Morgan fingerprint density at radius 3 is 2.37 bits per heavy atom. The van der Waals surface area contributed by atoms with Crippen LogP contribution in [0.4, 0.5) is 0 Å². The summed E-state index contributed by atoms with van der Waals surface area (Å²) in [5.41, 5.74) is 0. The summed E-state index contributed by atoms with van der Waals surface area (Å²) in [7, 11) is 1.62. The van der Waals surface area contributed by atoms with Gasteiger partial charge >= 0.3 is 0 Å². The molecular formula is C16H24O3. The Morgan fingerprint density at radius 2 is 1.84 bits per heavy atom.